The van der Waals surface area contributed by atoms with Crippen LogP contribution in [-0.2, 0) is 4.74 Å². The van der Waals surface area contributed by atoms with E-state index >= 15 is 0 Å². The number of hydrogen-bond acceptors (Lipinski definition) is 4. The van der Waals surface area contributed by atoms with Gasteiger partial charge < -0.3 is 14.7 Å². The number of carbonyl (C=O) groups excluding carboxylic acids is 1. The van der Waals surface area contributed by atoms with Gasteiger partial charge in [-0.25, -0.2) is 4.98 Å². The summed E-state index contributed by atoms with van der Waals surface area (Å²) in [5.74, 6) is -0.294. The van der Waals surface area contributed by atoms with Crippen molar-refractivity contribution in [2.24, 2.45) is 0 Å². The minimum Gasteiger partial charge on any atom is -0.389 e. The van der Waals surface area contributed by atoms with E-state index in [1.165, 1.54) is 12.0 Å². The molecule has 0 bridgehead atoms. The number of nitrogens with zero attached hydrogens (tertiary/aromatic N) is 2. The van der Waals surface area contributed by atoms with E-state index in [2.05, 4.69) is 4.98 Å². The predicted molar refractivity (Wildman–Crippen MR) is 81.6 cm³/mol. The molecular weight excluding hydrogens is 292 g/mol. The van der Waals surface area contributed by atoms with Crippen LogP contribution in [0, 0.1) is 0 Å². The van der Waals surface area contributed by atoms with Gasteiger partial charge in [0.15, 0.2) is 0 Å². The molecule has 0 saturated heterocycles. The molecule has 1 N–H and O–H groups in total. The number of hydrogen-bond donors (Lipinski definition) is 1. The molecule has 2 aromatic rings. The lowest BCUT2D eigenvalue weighted by molar-refractivity contribution is 0.0378. The molecule has 0 aliphatic rings. The Hall–Kier alpha value is -1.69. The fourth-order valence-electron chi connectivity index (χ4n) is 2.08. The zero-order valence-electron chi connectivity index (χ0n) is 11.9. The minimum atomic E-state index is -0.736. The van der Waals surface area contributed by atoms with Crippen LogP contribution in [0.2, 0.25) is 5.02 Å². The number of aliphatic hydroxyl groups is 1. The number of fused-ring (bicyclic) bond motifs is 1. The topological polar surface area (TPSA) is 62.7 Å². The molecule has 1 heterocycles. The molecule has 1 aromatic carbocycles. The van der Waals surface area contributed by atoms with Crippen molar-refractivity contribution in [2.45, 2.75) is 6.10 Å². The fourth-order valence-corrected chi connectivity index (χ4v) is 2.35. The number of halogens is 1. The molecule has 1 unspecified atom stereocenters. The van der Waals surface area contributed by atoms with E-state index in [9.17, 15) is 9.90 Å². The Balaban J connectivity index is 2.23. The lowest BCUT2D eigenvalue weighted by Crippen LogP contribution is -2.36. The van der Waals surface area contributed by atoms with Crippen molar-refractivity contribution in [1.82, 2.24) is 9.88 Å². The van der Waals surface area contributed by atoms with Gasteiger partial charge in [-0.1, -0.05) is 29.8 Å². The molecule has 1 atom stereocenters. The van der Waals surface area contributed by atoms with Crippen LogP contribution in [0.3, 0.4) is 0 Å². The van der Waals surface area contributed by atoms with Crippen LogP contribution in [0.5, 0.6) is 0 Å². The van der Waals surface area contributed by atoms with E-state index in [0.717, 1.165) is 5.39 Å². The van der Waals surface area contributed by atoms with Gasteiger partial charge in [-0.05, 0) is 12.1 Å². The summed E-state index contributed by atoms with van der Waals surface area (Å²) in [6.45, 7) is 0.336. The van der Waals surface area contributed by atoms with Crippen LogP contribution in [0.25, 0.3) is 10.9 Å². The molecule has 1 aromatic heterocycles. The number of benzene rings is 1. The highest BCUT2D eigenvalue weighted by molar-refractivity contribution is 6.35. The van der Waals surface area contributed by atoms with Crippen LogP contribution in [-0.4, -0.2) is 54.3 Å². The summed E-state index contributed by atoms with van der Waals surface area (Å²) in [7, 11) is 3.10. The normalized spacial score (nSPS) is 12.4. The van der Waals surface area contributed by atoms with Crippen LogP contribution < -0.4 is 0 Å². The fraction of sp³-hybridized carbons (Fsp3) is 0.333. The van der Waals surface area contributed by atoms with Crippen LogP contribution in [0.4, 0.5) is 0 Å². The number of para-hydroxylation sites is 1. The maximum Gasteiger partial charge on any atom is 0.272 e. The summed E-state index contributed by atoms with van der Waals surface area (Å²) in [5.41, 5.74) is 0.921. The first kappa shape index (κ1) is 15.7. The number of carbonyl (C=O) groups is 1. The molecule has 6 heteroatoms. The molecule has 0 aliphatic carbocycles. The molecule has 0 aliphatic heterocycles. The average Bonchev–Trinajstić information content (AvgIpc) is 2.46. The minimum absolute atomic E-state index is 0.165. The Bertz CT molecular complexity index is 648. The number of likely N-dealkylation sites (N-methyl/N-ethyl adjacent to an activating group) is 1. The molecule has 0 spiro atoms. The standard InChI is InChI=1S/C15H17ClN2O3/c1-18(8-10(19)9-21-2)15(20)14-7-12(16)11-5-3-4-6-13(11)17-14/h3-7,10,19H,8-9H2,1-2H3. The largest absolute Gasteiger partial charge is 0.389 e. The Kier molecular flexibility index (Phi) is 5.12. The highest BCUT2D eigenvalue weighted by Crippen LogP contribution is 2.23. The van der Waals surface area contributed by atoms with Crippen molar-refractivity contribution in [3.05, 3.63) is 41.0 Å². The maximum atomic E-state index is 12.3. The van der Waals surface area contributed by atoms with Gasteiger partial charge >= 0.3 is 0 Å². The number of amides is 1. The quantitative estimate of drug-likeness (QED) is 0.917. The van der Waals surface area contributed by atoms with E-state index in [1.807, 2.05) is 18.2 Å². The highest BCUT2D eigenvalue weighted by atomic mass is 35.5. The van der Waals surface area contributed by atoms with Gasteiger partial charge in [-0.15, -0.1) is 0 Å². The summed E-state index contributed by atoms with van der Waals surface area (Å²) in [4.78, 5) is 18.1. The van der Waals surface area contributed by atoms with E-state index in [4.69, 9.17) is 16.3 Å². The Morgan fingerprint density at radius 1 is 1.48 bits per heavy atom. The molecule has 1 amide bonds. The van der Waals surface area contributed by atoms with E-state index < -0.39 is 6.10 Å². The first-order chi connectivity index (χ1) is 10.0. The Morgan fingerprint density at radius 3 is 2.90 bits per heavy atom. The monoisotopic (exact) mass is 308 g/mol. The summed E-state index contributed by atoms with van der Waals surface area (Å²) in [5, 5.41) is 11.0. The van der Waals surface area contributed by atoms with Crippen molar-refractivity contribution >= 4 is 28.4 Å². The van der Waals surface area contributed by atoms with Gasteiger partial charge in [-0.2, -0.15) is 0 Å². The zero-order chi connectivity index (χ0) is 15.4. The SMILES string of the molecule is COCC(O)CN(C)C(=O)c1cc(Cl)c2ccccc2n1. The lowest BCUT2D eigenvalue weighted by Gasteiger charge is -2.20. The molecule has 0 fully saturated rings. The smallest absolute Gasteiger partial charge is 0.272 e. The Morgan fingerprint density at radius 2 is 2.19 bits per heavy atom. The summed E-state index contributed by atoms with van der Waals surface area (Å²) in [6, 6.07) is 8.91. The first-order valence-electron chi connectivity index (χ1n) is 6.50. The van der Waals surface area contributed by atoms with Gasteiger partial charge in [0.05, 0.1) is 23.3 Å². The van der Waals surface area contributed by atoms with E-state index in [1.54, 1.807) is 19.2 Å². The van der Waals surface area contributed by atoms with Crippen molar-refractivity contribution in [2.75, 3.05) is 27.3 Å². The number of pyridine rings is 1. The summed E-state index contributed by atoms with van der Waals surface area (Å²) in [6.07, 6.45) is -0.736. The highest BCUT2D eigenvalue weighted by Gasteiger charge is 2.18. The number of ether oxygens (including phenoxy) is 1. The average molecular weight is 309 g/mol. The third kappa shape index (κ3) is 3.69. The van der Waals surface area contributed by atoms with Crippen LogP contribution >= 0.6 is 11.6 Å². The van der Waals surface area contributed by atoms with Gasteiger partial charge in [0.25, 0.3) is 5.91 Å². The number of aliphatic hydroxyl groups excluding tert-OH is 1. The lowest BCUT2D eigenvalue weighted by atomic mass is 10.2. The van der Waals surface area contributed by atoms with Crippen LogP contribution in [0.15, 0.2) is 30.3 Å². The summed E-state index contributed by atoms with van der Waals surface area (Å²) >= 11 is 6.19. The molecular formula is C15H17ClN2O3. The van der Waals surface area contributed by atoms with Gasteiger partial charge in [0, 0.05) is 26.1 Å². The van der Waals surface area contributed by atoms with Gasteiger partial charge in [0.2, 0.25) is 0 Å². The molecule has 0 saturated carbocycles. The van der Waals surface area contributed by atoms with Crippen molar-refractivity contribution < 1.29 is 14.6 Å². The third-order valence-electron chi connectivity index (χ3n) is 3.08. The molecule has 21 heavy (non-hydrogen) atoms. The van der Waals surface area contributed by atoms with E-state index in [-0.39, 0.29) is 24.8 Å². The Labute approximate surface area is 128 Å². The predicted octanol–water partition coefficient (Wildman–Crippen LogP) is 1.97. The molecule has 112 valence electrons. The summed E-state index contributed by atoms with van der Waals surface area (Å²) < 4.78 is 4.84. The van der Waals surface area contributed by atoms with Crippen LogP contribution in [0.1, 0.15) is 10.5 Å². The second kappa shape index (κ2) is 6.85. The first-order valence-corrected chi connectivity index (χ1v) is 6.88. The van der Waals surface area contributed by atoms with Crippen molar-refractivity contribution in [3.63, 3.8) is 0 Å². The number of rotatable bonds is 5. The maximum absolute atomic E-state index is 12.3. The second-order valence-corrected chi connectivity index (χ2v) is 5.21. The van der Waals surface area contributed by atoms with Crippen molar-refractivity contribution in [1.29, 1.82) is 0 Å². The van der Waals surface area contributed by atoms with Gasteiger partial charge in [-0.3, -0.25) is 4.79 Å². The second-order valence-electron chi connectivity index (χ2n) is 4.80. The van der Waals surface area contributed by atoms with E-state index in [0.29, 0.717) is 10.5 Å². The molecule has 0 radical (unpaired) electrons. The zero-order valence-corrected chi connectivity index (χ0v) is 12.7. The third-order valence-corrected chi connectivity index (χ3v) is 3.39. The molecule has 2 rings (SSSR count). The van der Waals surface area contributed by atoms with Gasteiger partial charge in [0.1, 0.15) is 5.69 Å². The number of aromatic nitrogens is 1. The van der Waals surface area contributed by atoms with Crippen molar-refractivity contribution in [3.8, 4) is 0 Å². The number of methoxy groups -OCH3 is 1. The molecule has 5 nitrogen and oxygen atoms in total.